The summed E-state index contributed by atoms with van der Waals surface area (Å²) in [5.74, 6) is 4.75. The Labute approximate surface area is 550 Å². The van der Waals surface area contributed by atoms with Crippen LogP contribution in [-0.4, -0.2) is 39.9 Å². The molecule has 20 rings (SSSR count). The summed E-state index contributed by atoms with van der Waals surface area (Å²) in [6.07, 6.45) is 0. The van der Waals surface area contributed by atoms with Crippen molar-refractivity contribution in [2.75, 3.05) is 0 Å². The van der Waals surface area contributed by atoms with Crippen LogP contribution in [0.15, 0.2) is 264 Å². The Bertz CT molecular complexity index is 6450. The number of aromatic nitrogens is 8. The SMILES string of the molecule is c1ccc(-c2nc(-c3ccc4sc5ccc(-c6ccc(-c7nc(-c8cccc9sc%10ccccc%10c89)nc(-c8cccc9sc%10ccc(-c%11nc%12ccccc%12o%11)cc%10c89)n7)cc6)cc5c4c3)nc(-c3cccc4sc5ccc(-c6nc7ccccc7o6)cc5c34)n2)cc1. The Kier molecular flexibility index (Phi) is 11.9. The van der Waals surface area contributed by atoms with Crippen LogP contribution in [0.3, 0.4) is 0 Å². The van der Waals surface area contributed by atoms with Gasteiger partial charge in [-0.3, -0.25) is 0 Å². The molecule has 0 unspecified atom stereocenters. The maximum atomic E-state index is 6.30. The summed E-state index contributed by atoms with van der Waals surface area (Å²) in [6, 6.07) is 88.6. The number of nitrogens with zero attached hydrogens (tertiary/aromatic N) is 8. The lowest BCUT2D eigenvalue weighted by Crippen LogP contribution is -2.00. The monoisotopic (exact) mass is 1270 g/mol. The van der Waals surface area contributed by atoms with Gasteiger partial charge in [0.05, 0.1) is 0 Å². The van der Waals surface area contributed by atoms with Crippen LogP contribution < -0.4 is 0 Å². The molecule has 0 aliphatic heterocycles. The Morgan fingerprint density at radius 2 is 0.564 bits per heavy atom. The first kappa shape index (κ1) is 53.2. The van der Waals surface area contributed by atoms with Gasteiger partial charge in [0, 0.05) is 125 Å². The van der Waals surface area contributed by atoms with Gasteiger partial charge < -0.3 is 8.83 Å². The van der Waals surface area contributed by atoms with E-state index in [-0.39, 0.29) is 0 Å². The Morgan fingerprint density at radius 3 is 1.11 bits per heavy atom. The minimum Gasteiger partial charge on any atom is -0.436 e. The van der Waals surface area contributed by atoms with Gasteiger partial charge in [0.15, 0.2) is 46.1 Å². The van der Waals surface area contributed by atoms with Gasteiger partial charge in [-0.05, 0) is 126 Å². The average molecular weight is 1280 g/mol. The number of hydrogen-bond acceptors (Lipinski definition) is 14. The highest BCUT2D eigenvalue weighted by Crippen LogP contribution is 2.46. The number of fused-ring (bicyclic) bond motifs is 14. The molecule has 0 saturated carbocycles. The fraction of sp³-hybridized carbons (Fsp3) is 0. The summed E-state index contributed by atoms with van der Waals surface area (Å²) in [5.41, 5.74) is 12.6. The third-order valence-electron chi connectivity index (χ3n) is 17.7. The van der Waals surface area contributed by atoms with Crippen LogP contribution in [0.1, 0.15) is 0 Å². The Morgan fingerprint density at radius 1 is 0.213 bits per heavy atom. The quantitative estimate of drug-likeness (QED) is 0.138. The Hall–Kier alpha value is -11.5. The van der Waals surface area contributed by atoms with Crippen molar-refractivity contribution in [1.82, 2.24) is 39.9 Å². The van der Waals surface area contributed by atoms with Crippen LogP contribution >= 0.6 is 45.3 Å². The van der Waals surface area contributed by atoms with Crippen LogP contribution in [-0.2, 0) is 0 Å². The first-order valence-corrected chi connectivity index (χ1v) is 33.9. The first-order chi connectivity index (χ1) is 46.5. The standard InChI is InChI=1S/C80H42N8O2S4/c1-2-13-44(14-3-1)73-83-75(87-76(84-73)52-17-11-25-68-71(52)56-41-48(33-37-65(56)93-68)79-81-58-19-5-7-21-60(58)89-79)47-32-36-64-55(40-47)54-39-46(31-35-63(54)91-64)43-27-29-45(30-28-43)74-85-77(51-16-10-24-67-70(51)50-15-4-9-23-62(50)92-67)88-78(86-74)53-18-12-26-69-72(53)57-42-49(34-38-66(57)94-69)80-82-59-20-6-8-22-61(59)90-80/h1-42H. The third kappa shape index (κ3) is 8.72. The minimum atomic E-state index is 0.581. The molecule has 20 aromatic rings. The van der Waals surface area contributed by atoms with E-state index in [1.807, 2.05) is 66.7 Å². The second-order valence-corrected chi connectivity index (χ2v) is 27.6. The molecule has 12 aromatic carbocycles. The summed E-state index contributed by atoms with van der Waals surface area (Å²) in [4.78, 5) is 41.8. The average Bonchev–Trinajstić information content (AvgIpc) is 1.55. The van der Waals surface area contributed by atoms with E-state index in [1.165, 1.54) is 24.2 Å². The molecule has 0 bridgehead atoms. The topological polar surface area (TPSA) is 129 Å². The van der Waals surface area contributed by atoms with Crippen molar-refractivity contribution in [2.24, 2.45) is 0 Å². The first-order valence-electron chi connectivity index (χ1n) is 30.7. The molecule has 0 amide bonds. The smallest absolute Gasteiger partial charge is 0.227 e. The highest BCUT2D eigenvalue weighted by molar-refractivity contribution is 7.27. The van der Waals surface area contributed by atoms with Gasteiger partial charge in [-0.15, -0.1) is 45.3 Å². The molecule has 0 aliphatic rings. The highest BCUT2D eigenvalue weighted by atomic mass is 32.1. The summed E-state index contributed by atoms with van der Waals surface area (Å²) >= 11 is 7.07. The van der Waals surface area contributed by atoms with E-state index in [9.17, 15) is 0 Å². The second-order valence-electron chi connectivity index (χ2n) is 23.3. The van der Waals surface area contributed by atoms with Gasteiger partial charge in [0.25, 0.3) is 0 Å². The van der Waals surface area contributed by atoms with E-state index in [4.69, 9.17) is 48.7 Å². The second kappa shape index (κ2) is 21.0. The molecule has 0 fully saturated rings. The van der Waals surface area contributed by atoms with Crippen molar-refractivity contribution in [3.63, 3.8) is 0 Å². The molecule has 0 N–H and O–H groups in total. The predicted molar refractivity (Wildman–Crippen MR) is 389 cm³/mol. The molecule has 0 spiro atoms. The Balaban J connectivity index is 0.688. The van der Waals surface area contributed by atoms with Crippen molar-refractivity contribution in [2.45, 2.75) is 0 Å². The summed E-state index contributed by atoms with van der Waals surface area (Å²) in [6.45, 7) is 0. The summed E-state index contributed by atoms with van der Waals surface area (Å²) in [7, 11) is 0. The lowest BCUT2D eigenvalue weighted by Gasteiger charge is -2.11. The fourth-order valence-electron chi connectivity index (χ4n) is 13.2. The van der Waals surface area contributed by atoms with Gasteiger partial charge in [-0.1, -0.05) is 140 Å². The van der Waals surface area contributed by atoms with E-state index in [2.05, 4.69) is 188 Å². The van der Waals surface area contributed by atoms with Gasteiger partial charge in [0.2, 0.25) is 11.8 Å². The van der Waals surface area contributed by atoms with Crippen molar-refractivity contribution < 1.29 is 8.83 Å². The molecule has 10 nitrogen and oxygen atoms in total. The van der Waals surface area contributed by atoms with E-state index in [1.54, 1.807) is 45.3 Å². The van der Waals surface area contributed by atoms with Crippen LogP contribution in [0.4, 0.5) is 0 Å². The van der Waals surface area contributed by atoms with Crippen molar-refractivity contribution in [3.05, 3.63) is 255 Å². The van der Waals surface area contributed by atoms with Crippen LogP contribution in [0, 0.1) is 0 Å². The van der Waals surface area contributed by atoms with Crippen molar-refractivity contribution >= 4 is 148 Å². The lowest BCUT2D eigenvalue weighted by atomic mass is 10.0. The summed E-state index contributed by atoms with van der Waals surface area (Å²) < 4.78 is 21.9. The molecule has 0 radical (unpaired) electrons. The zero-order valence-corrected chi connectivity index (χ0v) is 52.5. The molecule has 0 aliphatic carbocycles. The molecule has 14 heteroatoms. The van der Waals surface area contributed by atoms with Crippen molar-refractivity contribution in [3.8, 4) is 102 Å². The van der Waals surface area contributed by atoms with E-state index < -0.39 is 0 Å². The number of thiophene rings is 4. The fourth-order valence-corrected chi connectivity index (χ4v) is 17.7. The van der Waals surface area contributed by atoms with Crippen LogP contribution in [0.5, 0.6) is 0 Å². The zero-order valence-electron chi connectivity index (χ0n) is 49.3. The predicted octanol–water partition coefficient (Wildman–Crippen LogP) is 22.8. The maximum absolute atomic E-state index is 6.30. The van der Waals surface area contributed by atoms with Gasteiger partial charge in [0.1, 0.15) is 11.0 Å². The van der Waals surface area contributed by atoms with Gasteiger partial charge in [-0.25, -0.2) is 39.9 Å². The van der Waals surface area contributed by atoms with E-state index >= 15 is 0 Å². The van der Waals surface area contributed by atoms with Crippen molar-refractivity contribution in [1.29, 1.82) is 0 Å². The number of oxazole rings is 2. The molecule has 94 heavy (non-hydrogen) atoms. The molecule has 438 valence electrons. The number of hydrogen-bond donors (Lipinski definition) is 0. The van der Waals surface area contributed by atoms with E-state index in [0.717, 1.165) is 134 Å². The largest absolute Gasteiger partial charge is 0.436 e. The van der Waals surface area contributed by atoms with Gasteiger partial charge >= 0.3 is 0 Å². The van der Waals surface area contributed by atoms with E-state index in [0.29, 0.717) is 46.7 Å². The molecular formula is C80H42N8O2S4. The van der Waals surface area contributed by atoms with Crippen LogP contribution in [0.2, 0.25) is 0 Å². The molecule has 0 atom stereocenters. The third-order valence-corrected chi connectivity index (χ3v) is 22.3. The van der Waals surface area contributed by atoms with Crippen LogP contribution in [0.25, 0.3) is 205 Å². The highest BCUT2D eigenvalue weighted by Gasteiger charge is 2.23. The molecule has 8 aromatic heterocycles. The number of para-hydroxylation sites is 4. The normalized spacial score (nSPS) is 12.0. The zero-order chi connectivity index (χ0) is 61.5. The van der Waals surface area contributed by atoms with Gasteiger partial charge in [-0.2, -0.15) is 0 Å². The minimum absolute atomic E-state index is 0.581. The molecule has 0 saturated heterocycles. The number of rotatable bonds is 9. The molecular weight excluding hydrogens is 1230 g/mol. The maximum Gasteiger partial charge on any atom is 0.227 e. The molecule has 8 heterocycles. The lowest BCUT2D eigenvalue weighted by molar-refractivity contribution is 0.619. The number of benzene rings is 12. The summed E-state index contributed by atoms with van der Waals surface area (Å²) in [5, 5.41) is 8.93.